The summed E-state index contributed by atoms with van der Waals surface area (Å²) in [5.41, 5.74) is 0.448. The monoisotopic (exact) mass is 321 g/mol. The Morgan fingerprint density at radius 1 is 1.17 bits per heavy atom. The van der Waals surface area contributed by atoms with Crippen LogP contribution in [0.3, 0.4) is 0 Å². The Kier molecular flexibility index (Phi) is 4.12. The molecular weight excluding hydrogens is 302 g/mol. The normalized spacial score (nSPS) is 28.4. The first-order chi connectivity index (χ1) is 11.0. The second kappa shape index (κ2) is 6.08. The molecule has 124 valence electrons. The van der Waals surface area contributed by atoms with Gasteiger partial charge in [-0.05, 0) is 25.0 Å². The van der Waals surface area contributed by atoms with Gasteiger partial charge in [-0.2, -0.15) is 0 Å². The molecule has 1 aromatic carbocycles. The molecule has 7 heteroatoms. The van der Waals surface area contributed by atoms with E-state index in [0.717, 1.165) is 0 Å². The van der Waals surface area contributed by atoms with E-state index in [0.29, 0.717) is 30.0 Å². The van der Waals surface area contributed by atoms with Gasteiger partial charge in [-0.15, -0.1) is 0 Å². The SMILES string of the molecule is COc1ccc(OC)c(NC(=O)[C@@H]2[C@H](C(=O)O)[C@H]3CC[C@H]2O3)c1. The number of carboxylic acid groups (broad SMARTS) is 1. The van der Waals surface area contributed by atoms with Crippen LogP contribution in [0, 0.1) is 11.8 Å². The van der Waals surface area contributed by atoms with Gasteiger partial charge in [0.1, 0.15) is 11.5 Å². The average molecular weight is 321 g/mol. The summed E-state index contributed by atoms with van der Waals surface area (Å²) in [7, 11) is 3.02. The van der Waals surface area contributed by atoms with Gasteiger partial charge in [-0.1, -0.05) is 0 Å². The largest absolute Gasteiger partial charge is 0.497 e. The molecule has 0 aromatic heterocycles. The lowest BCUT2D eigenvalue weighted by molar-refractivity contribution is -0.147. The fraction of sp³-hybridized carbons (Fsp3) is 0.500. The summed E-state index contributed by atoms with van der Waals surface area (Å²) in [6.07, 6.45) is 0.688. The Labute approximate surface area is 133 Å². The number of carboxylic acids is 1. The van der Waals surface area contributed by atoms with Crippen LogP contribution in [-0.4, -0.2) is 43.4 Å². The molecule has 3 rings (SSSR count). The zero-order valence-corrected chi connectivity index (χ0v) is 12.9. The van der Waals surface area contributed by atoms with E-state index >= 15 is 0 Å². The van der Waals surface area contributed by atoms with E-state index in [1.54, 1.807) is 18.2 Å². The van der Waals surface area contributed by atoms with Crippen molar-refractivity contribution in [1.29, 1.82) is 0 Å². The quantitative estimate of drug-likeness (QED) is 0.854. The molecule has 2 fully saturated rings. The second-order valence-corrected chi connectivity index (χ2v) is 5.74. The molecule has 1 amide bonds. The molecule has 2 heterocycles. The minimum Gasteiger partial charge on any atom is -0.497 e. The maximum atomic E-state index is 12.6. The first-order valence-corrected chi connectivity index (χ1v) is 7.46. The number of carbonyl (C=O) groups excluding carboxylic acids is 1. The highest BCUT2D eigenvalue weighted by molar-refractivity contribution is 5.97. The predicted octanol–water partition coefficient (Wildman–Crippen LogP) is 1.52. The molecule has 1 aromatic rings. The molecule has 0 unspecified atom stereocenters. The molecule has 7 nitrogen and oxygen atoms in total. The van der Waals surface area contributed by atoms with Crippen molar-refractivity contribution in [3.05, 3.63) is 18.2 Å². The third kappa shape index (κ3) is 2.72. The lowest BCUT2D eigenvalue weighted by Crippen LogP contribution is -2.41. The summed E-state index contributed by atoms with van der Waals surface area (Å²) in [6.45, 7) is 0. The van der Waals surface area contributed by atoms with Crippen LogP contribution in [-0.2, 0) is 14.3 Å². The number of ether oxygens (including phenoxy) is 3. The summed E-state index contributed by atoms with van der Waals surface area (Å²) < 4.78 is 16.0. The first kappa shape index (κ1) is 15.6. The number of nitrogens with one attached hydrogen (secondary N) is 1. The number of methoxy groups -OCH3 is 2. The predicted molar refractivity (Wildman–Crippen MR) is 80.7 cm³/mol. The Bertz CT molecular complexity index is 631. The second-order valence-electron chi connectivity index (χ2n) is 5.74. The third-order valence-electron chi connectivity index (χ3n) is 4.53. The van der Waals surface area contributed by atoms with Crippen molar-refractivity contribution in [3.8, 4) is 11.5 Å². The van der Waals surface area contributed by atoms with Crippen LogP contribution in [0.1, 0.15) is 12.8 Å². The van der Waals surface area contributed by atoms with E-state index in [1.165, 1.54) is 14.2 Å². The standard InChI is InChI=1S/C16H19NO6/c1-21-8-3-4-10(22-2)9(7-8)17-15(18)13-11-5-6-12(23-11)14(13)16(19)20/h3-4,7,11-14H,5-6H2,1-2H3,(H,17,18)(H,19,20)/t11-,12-,13+,14-/m1/s1. The summed E-state index contributed by atoms with van der Waals surface area (Å²) >= 11 is 0. The number of carbonyl (C=O) groups is 2. The van der Waals surface area contributed by atoms with Crippen LogP contribution in [0.2, 0.25) is 0 Å². The van der Waals surface area contributed by atoms with E-state index in [2.05, 4.69) is 5.32 Å². The summed E-state index contributed by atoms with van der Waals surface area (Å²) in [5, 5.41) is 12.2. The molecule has 0 saturated carbocycles. The highest BCUT2D eigenvalue weighted by Gasteiger charge is 2.55. The van der Waals surface area contributed by atoms with Crippen molar-refractivity contribution in [2.24, 2.45) is 11.8 Å². The van der Waals surface area contributed by atoms with E-state index in [-0.39, 0.29) is 18.1 Å². The van der Waals surface area contributed by atoms with Crippen molar-refractivity contribution < 1.29 is 28.9 Å². The van der Waals surface area contributed by atoms with Crippen LogP contribution >= 0.6 is 0 Å². The minimum atomic E-state index is -0.991. The number of rotatable bonds is 5. The summed E-state index contributed by atoms with van der Waals surface area (Å²) in [4.78, 5) is 24.1. The minimum absolute atomic E-state index is 0.335. The maximum Gasteiger partial charge on any atom is 0.310 e. The number of amides is 1. The van der Waals surface area contributed by atoms with Gasteiger partial charge in [0.25, 0.3) is 0 Å². The van der Waals surface area contributed by atoms with E-state index < -0.39 is 17.8 Å². The molecule has 0 aliphatic carbocycles. The van der Waals surface area contributed by atoms with Gasteiger partial charge >= 0.3 is 5.97 Å². The topological polar surface area (TPSA) is 94.1 Å². The highest BCUT2D eigenvalue weighted by atomic mass is 16.5. The van der Waals surface area contributed by atoms with Crippen molar-refractivity contribution in [2.75, 3.05) is 19.5 Å². The van der Waals surface area contributed by atoms with Crippen LogP contribution in [0.25, 0.3) is 0 Å². The van der Waals surface area contributed by atoms with Gasteiger partial charge in [-0.25, -0.2) is 0 Å². The van der Waals surface area contributed by atoms with Gasteiger partial charge in [0.2, 0.25) is 5.91 Å². The Morgan fingerprint density at radius 2 is 1.87 bits per heavy atom. The van der Waals surface area contributed by atoms with Crippen molar-refractivity contribution in [2.45, 2.75) is 25.0 Å². The summed E-state index contributed by atoms with van der Waals surface area (Å²) in [6, 6.07) is 5.04. The first-order valence-electron chi connectivity index (χ1n) is 7.46. The number of hydrogen-bond acceptors (Lipinski definition) is 5. The van der Waals surface area contributed by atoms with Crippen LogP contribution < -0.4 is 14.8 Å². The molecular formula is C16H19NO6. The molecule has 2 aliphatic rings. The molecule has 0 spiro atoms. The summed E-state index contributed by atoms with van der Waals surface area (Å²) in [5.74, 6) is -1.80. The van der Waals surface area contributed by atoms with Crippen LogP contribution in [0.15, 0.2) is 18.2 Å². The van der Waals surface area contributed by atoms with Gasteiger partial charge in [-0.3, -0.25) is 9.59 Å². The number of fused-ring (bicyclic) bond motifs is 2. The van der Waals surface area contributed by atoms with Gasteiger partial charge in [0, 0.05) is 6.07 Å². The smallest absolute Gasteiger partial charge is 0.310 e. The van der Waals surface area contributed by atoms with Crippen LogP contribution in [0.4, 0.5) is 5.69 Å². The number of anilines is 1. The molecule has 23 heavy (non-hydrogen) atoms. The van der Waals surface area contributed by atoms with Gasteiger partial charge < -0.3 is 24.6 Å². The van der Waals surface area contributed by atoms with Crippen molar-refractivity contribution in [3.63, 3.8) is 0 Å². The van der Waals surface area contributed by atoms with Gasteiger partial charge in [0.15, 0.2) is 0 Å². The third-order valence-corrected chi connectivity index (χ3v) is 4.53. The zero-order chi connectivity index (χ0) is 16.6. The number of benzene rings is 1. The van der Waals surface area contributed by atoms with Crippen molar-refractivity contribution in [1.82, 2.24) is 0 Å². The molecule has 0 radical (unpaired) electrons. The van der Waals surface area contributed by atoms with E-state index in [9.17, 15) is 14.7 Å². The molecule has 2 saturated heterocycles. The van der Waals surface area contributed by atoms with Crippen LogP contribution in [0.5, 0.6) is 11.5 Å². The Balaban J connectivity index is 1.83. The molecule has 2 bridgehead atoms. The van der Waals surface area contributed by atoms with Gasteiger partial charge in [0.05, 0.1) is 44.0 Å². The Hall–Kier alpha value is -2.28. The molecule has 2 aliphatic heterocycles. The lowest BCUT2D eigenvalue weighted by atomic mass is 9.78. The Morgan fingerprint density at radius 3 is 2.48 bits per heavy atom. The fourth-order valence-corrected chi connectivity index (χ4v) is 3.45. The fourth-order valence-electron chi connectivity index (χ4n) is 3.45. The maximum absolute atomic E-state index is 12.6. The van der Waals surface area contributed by atoms with Crippen molar-refractivity contribution >= 4 is 17.6 Å². The average Bonchev–Trinajstić information content (AvgIpc) is 3.15. The van der Waals surface area contributed by atoms with E-state index in [1.807, 2.05) is 0 Å². The molecule has 4 atom stereocenters. The highest BCUT2D eigenvalue weighted by Crippen LogP contribution is 2.44. The number of hydrogen-bond donors (Lipinski definition) is 2. The molecule has 2 N–H and O–H groups in total. The number of aliphatic carboxylic acids is 1. The zero-order valence-electron chi connectivity index (χ0n) is 12.9. The van der Waals surface area contributed by atoms with E-state index in [4.69, 9.17) is 14.2 Å². The lowest BCUT2D eigenvalue weighted by Gasteiger charge is -2.24.